The van der Waals surface area contributed by atoms with Gasteiger partial charge in [-0.2, -0.15) is 4.98 Å². The first-order chi connectivity index (χ1) is 15.2. The third-order valence-corrected chi connectivity index (χ3v) is 4.98. The van der Waals surface area contributed by atoms with Crippen LogP contribution in [0.3, 0.4) is 0 Å². The fourth-order valence-electron chi connectivity index (χ4n) is 3.01. The first kappa shape index (κ1) is 23.4. The summed E-state index contributed by atoms with van der Waals surface area (Å²) in [5.41, 5.74) is 0.811. The van der Waals surface area contributed by atoms with Crippen LogP contribution in [-0.4, -0.2) is 33.7 Å². The molecule has 0 aliphatic heterocycles. The van der Waals surface area contributed by atoms with Crippen LogP contribution in [0.2, 0.25) is 5.02 Å². The van der Waals surface area contributed by atoms with Gasteiger partial charge < -0.3 is 15.2 Å². The molecule has 2 aromatic carbocycles. The number of nitrogens with one attached hydrogen (secondary N) is 1. The second-order valence-corrected chi connectivity index (χ2v) is 7.30. The third kappa shape index (κ3) is 4.95. The normalized spacial score (nSPS) is 10.8. The van der Waals surface area contributed by atoms with Gasteiger partial charge in [0.25, 0.3) is 11.5 Å². The minimum Gasteiger partial charge on any atom is -0.471 e. The van der Waals surface area contributed by atoms with Crippen LogP contribution in [0.4, 0.5) is 8.78 Å². The lowest BCUT2D eigenvalue weighted by molar-refractivity contribution is 0.0944. The Labute approximate surface area is 187 Å². The predicted molar refractivity (Wildman–Crippen MR) is 114 cm³/mol. The van der Waals surface area contributed by atoms with Gasteiger partial charge in [-0.05, 0) is 43.7 Å². The van der Waals surface area contributed by atoms with Crippen molar-refractivity contribution in [2.45, 2.75) is 20.5 Å². The van der Waals surface area contributed by atoms with Crippen molar-refractivity contribution in [1.82, 2.24) is 14.9 Å². The summed E-state index contributed by atoms with van der Waals surface area (Å²) >= 11 is 6.19. The molecular weight excluding hydrogens is 444 g/mol. The molecule has 7 nitrogen and oxygen atoms in total. The Hall–Kier alpha value is -3.30. The molecule has 1 heterocycles. The lowest BCUT2D eigenvalue weighted by atomic mass is 10.1. The molecular formula is C22H20ClF2N3O4. The number of hydrogen-bond acceptors (Lipinski definition) is 5. The summed E-state index contributed by atoms with van der Waals surface area (Å²) in [4.78, 5) is 29.4. The number of carbonyl (C=O) groups is 1. The second-order valence-electron chi connectivity index (χ2n) is 6.92. The summed E-state index contributed by atoms with van der Waals surface area (Å²) in [5, 5.41) is 11.1. The van der Waals surface area contributed by atoms with Crippen LogP contribution in [-0.2, 0) is 6.61 Å². The van der Waals surface area contributed by atoms with Crippen LogP contribution < -0.4 is 15.6 Å². The van der Waals surface area contributed by atoms with Gasteiger partial charge in [0.05, 0.1) is 12.3 Å². The van der Waals surface area contributed by atoms with Crippen LogP contribution in [0, 0.1) is 25.5 Å². The highest BCUT2D eigenvalue weighted by Crippen LogP contribution is 2.23. The minimum atomic E-state index is -0.793. The molecule has 10 heteroatoms. The number of aromatic nitrogens is 2. The number of carbonyl (C=O) groups excluding carboxylic acids is 1. The number of rotatable bonds is 7. The number of halogens is 3. The number of ether oxygens (including phenoxy) is 1. The Balaban J connectivity index is 1.95. The number of aliphatic hydroxyl groups is 1. The quantitative estimate of drug-likeness (QED) is 0.561. The van der Waals surface area contributed by atoms with E-state index in [4.69, 9.17) is 21.4 Å². The van der Waals surface area contributed by atoms with E-state index in [0.717, 1.165) is 12.1 Å². The van der Waals surface area contributed by atoms with E-state index in [2.05, 4.69) is 10.3 Å². The van der Waals surface area contributed by atoms with E-state index in [1.165, 1.54) is 16.7 Å². The van der Waals surface area contributed by atoms with Gasteiger partial charge in [0.2, 0.25) is 5.88 Å². The van der Waals surface area contributed by atoms with Gasteiger partial charge in [0.15, 0.2) is 5.02 Å². The number of aryl methyl sites for hydroxylation is 2. The fraction of sp³-hybridized carbons (Fsp3) is 0.227. The molecule has 0 fully saturated rings. The number of hydrogen-bond donors (Lipinski definition) is 2. The minimum absolute atomic E-state index is 0.0727. The summed E-state index contributed by atoms with van der Waals surface area (Å²) in [7, 11) is 0. The Morgan fingerprint density at radius 2 is 1.97 bits per heavy atom. The van der Waals surface area contributed by atoms with E-state index >= 15 is 0 Å². The van der Waals surface area contributed by atoms with Crippen LogP contribution in [0.1, 0.15) is 27.3 Å². The average Bonchev–Trinajstić information content (AvgIpc) is 2.75. The van der Waals surface area contributed by atoms with Gasteiger partial charge in [-0.1, -0.05) is 17.7 Å². The molecule has 0 radical (unpaired) electrons. The average molecular weight is 464 g/mol. The van der Waals surface area contributed by atoms with Crippen molar-refractivity contribution >= 4 is 17.5 Å². The molecule has 0 unspecified atom stereocenters. The zero-order valence-electron chi connectivity index (χ0n) is 17.3. The van der Waals surface area contributed by atoms with Crippen molar-refractivity contribution in [3.05, 3.63) is 85.9 Å². The summed E-state index contributed by atoms with van der Waals surface area (Å²) in [6.07, 6.45) is 0. The molecule has 0 saturated heterocycles. The van der Waals surface area contributed by atoms with E-state index in [-0.39, 0.29) is 47.6 Å². The lowest BCUT2D eigenvalue weighted by Crippen LogP contribution is -2.27. The Kier molecular flexibility index (Phi) is 7.22. The number of aliphatic hydroxyl groups excluding tert-OH is 1. The lowest BCUT2D eigenvalue weighted by Gasteiger charge is -2.16. The highest BCUT2D eigenvalue weighted by molar-refractivity contribution is 6.31. The molecule has 0 aliphatic rings. The van der Waals surface area contributed by atoms with Crippen LogP contribution >= 0.6 is 11.6 Å². The van der Waals surface area contributed by atoms with Gasteiger partial charge in [-0.3, -0.25) is 14.2 Å². The third-order valence-electron chi connectivity index (χ3n) is 4.65. The molecule has 0 saturated carbocycles. The van der Waals surface area contributed by atoms with E-state index in [0.29, 0.717) is 11.3 Å². The van der Waals surface area contributed by atoms with Crippen molar-refractivity contribution in [3.63, 3.8) is 0 Å². The smallest absolute Gasteiger partial charge is 0.280 e. The van der Waals surface area contributed by atoms with Crippen LogP contribution in [0.5, 0.6) is 5.88 Å². The van der Waals surface area contributed by atoms with Crippen molar-refractivity contribution in [1.29, 1.82) is 0 Å². The standard InChI is InChI=1S/C22H20ClF2N3O4/c1-12-3-4-14(20(30)26-7-8-29)9-18(12)28-13(2)27-21(19(23)22(28)31)32-11-15-5-6-16(24)10-17(15)25/h3-6,9-10,29H,7-8,11H2,1-2H3,(H,26,30). The largest absolute Gasteiger partial charge is 0.471 e. The second kappa shape index (κ2) is 9.88. The molecule has 3 aromatic rings. The fourth-order valence-corrected chi connectivity index (χ4v) is 3.19. The van der Waals surface area contributed by atoms with E-state index in [9.17, 15) is 18.4 Å². The molecule has 0 aliphatic carbocycles. The molecule has 1 amide bonds. The first-order valence-electron chi connectivity index (χ1n) is 9.59. The molecule has 0 spiro atoms. The Morgan fingerprint density at radius 3 is 2.66 bits per heavy atom. The molecule has 168 valence electrons. The number of nitrogens with zero attached hydrogens (tertiary/aromatic N) is 2. The van der Waals surface area contributed by atoms with Gasteiger partial charge in [0, 0.05) is 23.7 Å². The summed E-state index contributed by atoms with van der Waals surface area (Å²) in [5.74, 6) is -1.89. The maximum atomic E-state index is 13.8. The number of amides is 1. The maximum Gasteiger partial charge on any atom is 0.280 e. The predicted octanol–water partition coefficient (Wildman–Crippen LogP) is 3.08. The van der Waals surface area contributed by atoms with Crippen molar-refractivity contribution in [2.75, 3.05) is 13.2 Å². The SMILES string of the molecule is Cc1ccc(C(=O)NCCO)cc1-n1c(C)nc(OCc2ccc(F)cc2F)c(Cl)c1=O. The Bertz CT molecular complexity index is 1230. The highest BCUT2D eigenvalue weighted by Gasteiger charge is 2.18. The molecule has 0 atom stereocenters. The van der Waals surface area contributed by atoms with E-state index in [1.54, 1.807) is 26.0 Å². The van der Waals surface area contributed by atoms with Gasteiger partial charge >= 0.3 is 0 Å². The number of benzene rings is 2. The van der Waals surface area contributed by atoms with Crippen molar-refractivity contribution in [2.24, 2.45) is 0 Å². The summed E-state index contributed by atoms with van der Waals surface area (Å²) in [6, 6.07) is 7.82. The van der Waals surface area contributed by atoms with E-state index < -0.39 is 23.1 Å². The van der Waals surface area contributed by atoms with Gasteiger partial charge in [-0.25, -0.2) is 8.78 Å². The van der Waals surface area contributed by atoms with Gasteiger partial charge in [0.1, 0.15) is 24.1 Å². The molecule has 3 rings (SSSR count). The maximum absolute atomic E-state index is 13.8. The van der Waals surface area contributed by atoms with Crippen LogP contribution in [0.25, 0.3) is 5.69 Å². The summed E-state index contributed by atoms with van der Waals surface area (Å²) < 4.78 is 33.6. The van der Waals surface area contributed by atoms with Crippen LogP contribution in [0.15, 0.2) is 41.2 Å². The highest BCUT2D eigenvalue weighted by atomic mass is 35.5. The summed E-state index contributed by atoms with van der Waals surface area (Å²) in [6.45, 7) is 2.90. The molecule has 32 heavy (non-hydrogen) atoms. The topological polar surface area (TPSA) is 93.5 Å². The van der Waals surface area contributed by atoms with E-state index in [1.807, 2.05) is 0 Å². The van der Waals surface area contributed by atoms with Gasteiger partial charge in [-0.15, -0.1) is 0 Å². The van der Waals surface area contributed by atoms with Crippen molar-refractivity contribution in [3.8, 4) is 11.6 Å². The first-order valence-corrected chi connectivity index (χ1v) is 9.96. The molecule has 1 aromatic heterocycles. The monoisotopic (exact) mass is 463 g/mol. The zero-order chi connectivity index (χ0) is 23.4. The Morgan fingerprint density at radius 1 is 1.22 bits per heavy atom. The molecule has 2 N–H and O–H groups in total. The van der Waals surface area contributed by atoms with Crippen molar-refractivity contribution < 1.29 is 23.4 Å². The molecule has 0 bridgehead atoms. The zero-order valence-corrected chi connectivity index (χ0v) is 18.0.